The van der Waals surface area contributed by atoms with E-state index in [-0.39, 0.29) is 29.8 Å². The van der Waals surface area contributed by atoms with Crippen LogP contribution in [0.4, 0.5) is 11.4 Å². The van der Waals surface area contributed by atoms with E-state index in [0.717, 1.165) is 28.9 Å². The van der Waals surface area contributed by atoms with Gasteiger partial charge in [-0.15, -0.1) is 0 Å². The maximum Gasteiger partial charge on any atom is 0.258 e. The Balaban J connectivity index is 1.64. The number of para-hydroxylation sites is 1. The van der Waals surface area contributed by atoms with Crippen molar-refractivity contribution in [2.24, 2.45) is 5.73 Å². The van der Waals surface area contributed by atoms with E-state index in [1.807, 2.05) is 65.3 Å². The molecule has 7 nitrogen and oxygen atoms in total. The summed E-state index contributed by atoms with van der Waals surface area (Å²) in [6, 6.07) is 22.4. The predicted octanol–water partition coefficient (Wildman–Crippen LogP) is 5.04. The molecule has 2 atom stereocenters. The third kappa shape index (κ3) is 5.66. The first-order chi connectivity index (χ1) is 17.8. The number of primary amides is 1. The Morgan fingerprint density at radius 2 is 1.68 bits per heavy atom. The first-order valence-electron chi connectivity index (χ1n) is 12.5. The highest BCUT2D eigenvalue weighted by Crippen LogP contribution is 2.42. The molecule has 0 saturated heterocycles. The van der Waals surface area contributed by atoms with Crippen LogP contribution >= 0.6 is 0 Å². The monoisotopic (exact) mass is 499 g/mol. The number of ether oxygens (including phenoxy) is 1. The molecule has 0 unspecified atom stereocenters. The fourth-order valence-electron chi connectivity index (χ4n) is 5.08. The van der Waals surface area contributed by atoms with Crippen LogP contribution < -0.4 is 20.3 Å². The van der Waals surface area contributed by atoms with E-state index in [9.17, 15) is 14.4 Å². The summed E-state index contributed by atoms with van der Waals surface area (Å²) in [5.74, 6) is 0.239. The minimum Gasteiger partial charge on any atom is -0.497 e. The quantitative estimate of drug-likeness (QED) is 0.470. The number of aryl methyl sites for hydroxylation is 1. The summed E-state index contributed by atoms with van der Waals surface area (Å²) in [4.78, 5) is 41.2. The number of benzene rings is 3. The van der Waals surface area contributed by atoms with E-state index in [4.69, 9.17) is 10.5 Å². The number of anilines is 2. The van der Waals surface area contributed by atoms with Crippen molar-refractivity contribution in [2.75, 3.05) is 16.9 Å². The molecule has 1 aliphatic rings. The topological polar surface area (TPSA) is 92.9 Å². The fourth-order valence-corrected chi connectivity index (χ4v) is 5.08. The van der Waals surface area contributed by atoms with Crippen molar-refractivity contribution in [3.63, 3.8) is 0 Å². The molecule has 3 aromatic carbocycles. The largest absolute Gasteiger partial charge is 0.497 e. The first-order valence-corrected chi connectivity index (χ1v) is 12.5. The van der Waals surface area contributed by atoms with Crippen molar-refractivity contribution < 1.29 is 19.1 Å². The number of amides is 3. The molecule has 7 heteroatoms. The Bertz CT molecular complexity index is 1270. The van der Waals surface area contributed by atoms with Crippen LogP contribution in [0.3, 0.4) is 0 Å². The summed E-state index contributed by atoms with van der Waals surface area (Å²) in [6.07, 6.45) is 2.38. The van der Waals surface area contributed by atoms with E-state index < -0.39 is 0 Å². The van der Waals surface area contributed by atoms with Crippen molar-refractivity contribution in [3.05, 3.63) is 89.5 Å². The molecule has 192 valence electrons. The van der Waals surface area contributed by atoms with Gasteiger partial charge in [-0.3, -0.25) is 14.4 Å². The number of hydrogen-bond acceptors (Lipinski definition) is 4. The van der Waals surface area contributed by atoms with Gasteiger partial charge in [-0.25, -0.2) is 0 Å². The second-order valence-electron chi connectivity index (χ2n) is 9.44. The highest BCUT2D eigenvalue weighted by molar-refractivity contribution is 6.07. The smallest absolute Gasteiger partial charge is 0.258 e. The summed E-state index contributed by atoms with van der Waals surface area (Å²) < 4.78 is 5.23. The molecule has 37 heavy (non-hydrogen) atoms. The minimum atomic E-state index is -0.302. The summed E-state index contributed by atoms with van der Waals surface area (Å²) in [7, 11) is 1.60. The Kier molecular flexibility index (Phi) is 7.92. The van der Waals surface area contributed by atoms with Crippen molar-refractivity contribution in [3.8, 4) is 5.75 Å². The molecule has 4 rings (SSSR count). The van der Waals surface area contributed by atoms with Crippen LogP contribution in [0, 0.1) is 0 Å². The van der Waals surface area contributed by atoms with E-state index >= 15 is 0 Å². The Labute approximate surface area is 217 Å². The lowest BCUT2D eigenvalue weighted by atomic mass is 9.89. The van der Waals surface area contributed by atoms with Gasteiger partial charge in [0.1, 0.15) is 5.75 Å². The highest BCUT2D eigenvalue weighted by Gasteiger charge is 2.38. The summed E-state index contributed by atoms with van der Waals surface area (Å²) in [6.45, 7) is 3.59. The second-order valence-corrected chi connectivity index (χ2v) is 9.44. The molecule has 3 aromatic rings. The second kappa shape index (κ2) is 11.3. The molecule has 3 amide bonds. The normalized spacial score (nSPS) is 16.6. The number of fused-ring (bicyclic) bond motifs is 1. The molecule has 0 aromatic heterocycles. The van der Waals surface area contributed by atoms with Crippen LogP contribution in [0.1, 0.15) is 60.6 Å². The number of carbonyl (C=O) groups excluding carboxylic acids is 3. The van der Waals surface area contributed by atoms with Crippen molar-refractivity contribution in [2.45, 2.75) is 51.6 Å². The van der Waals surface area contributed by atoms with Gasteiger partial charge in [-0.2, -0.15) is 0 Å². The van der Waals surface area contributed by atoms with Gasteiger partial charge in [0.05, 0.1) is 13.2 Å². The minimum absolute atomic E-state index is 0.0663. The van der Waals surface area contributed by atoms with E-state index in [0.29, 0.717) is 30.6 Å². The number of methoxy groups -OCH3 is 1. The lowest BCUT2D eigenvalue weighted by Gasteiger charge is -2.43. The lowest BCUT2D eigenvalue weighted by molar-refractivity contribution is -0.118. The van der Waals surface area contributed by atoms with Gasteiger partial charge in [0.25, 0.3) is 5.91 Å². The van der Waals surface area contributed by atoms with Crippen molar-refractivity contribution in [1.29, 1.82) is 0 Å². The number of carbonyl (C=O) groups is 3. The van der Waals surface area contributed by atoms with Crippen molar-refractivity contribution in [1.82, 2.24) is 0 Å². The molecule has 0 bridgehead atoms. The van der Waals surface area contributed by atoms with Crippen LogP contribution in [0.15, 0.2) is 72.8 Å². The maximum absolute atomic E-state index is 13.6. The zero-order valence-corrected chi connectivity index (χ0v) is 21.5. The summed E-state index contributed by atoms with van der Waals surface area (Å²) in [5, 5.41) is 0. The molecule has 0 radical (unpaired) electrons. The number of rotatable bonds is 8. The van der Waals surface area contributed by atoms with Crippen LogP contribution in [0.5, 0.6) is 5.75 Å². The number of nitrogens with two attached hydrogens (primary N) is 1. The van der Waals surface area contributed by atoms with Crippen LogP contribution in [-0.4, -0.2) is 30.9 Å². The molecule has 0 saturated carbocycles. The van der Waals surface area contributed by atoms with Gasteiger partial charge >= 0.3 is 0 Å². The Hall–Kier alpha value is -4.13. The predicted molar refractivity (Wildman–Crippen MR) is 145 cm³/mol. The van der Waals surface area contributed by atoms with Gasteiger partial charge in [-0.05, 0) is 79.8 Å². The summed E-state index contributed by atoms with van der Waals surface area (Å²) >= 11 is 0. The zero-order valence-electron chi connectivity index (χ0n) is 21.5. The van der Waals surface area contributed by atoms with Crippen LogP contribution in [0.25, 0.3) is 0 Å². The van der Waals surface area contributed by atoms with E-state index in [1.54, 1.807) is 38.3 Å². The molecule has 0 spiro atoms. The SMILES string of the molecule is COc1ccc(C(=O)N2c3ccccc3[C@H](N(C(C)=O)c3ccc(CCCC(N)=O)cc3)C[C@@H]2C)cc1. The van der Waals surface area contributed by atoms with E-state index in [1.165, 1.54) is 0 Å². The van der Waals surface area contributed by atoms with Crippen LogP contribution in [0.2, 0.25) is 0 Å². The van der Waals surface area contributed by atoms with Crippen LogP contribution in [-0.2, 0) is 16.0 Å². The highest BCUT2D eigenvalue weighted by atomic mass is 16.5. The van der Waals surface area contributed by atoms with Gasteiger partial charge in [0.2, 0.25) is 11.8 Å². The Morgan fingerprint density at radius 3 is 2.30 bits per heavy atom. The average molecular weight is 500 g/mol. The van der Waals surface area contributed by atoms with Crippen molar-refractivity contribution >= 4 is 29.1 Å². The molecule has 0 fully saturated rings. The van der Waals surface area contributed by atoms with Gasteiger partial charge < -0.3 is 20.3 Å². The molecule has 1 heterocycles. The fraction of sp³-hybridized carbons (Fsp3) is 0.300. The molecule has 0 aliphatic carbocycles. The maximum atomic E-state index is 13.6. The van der Waals surface area contributed by atoms with Gasteiger partial charge in [0, 0.05) is 36.3 Å². The first kappa shape index (κ1) is 25.9. The number of nitrogens with zero attached hydrogens (tertiary/aromatic N) is 2. The third-order valence-electron chi connectivity index (χ3n) is 6.87. The van der Waals surface area contributed by atoms with Gasteiger partial charge in [-0.1, -0.05) is 30.3 Å². The standard InChI is InChI=1S/C30H33N3O4/c1-20-19-28(33(21(2)34)24-15-11-22(12-16-24)7-6-10-29(31)35)26-8-4-5-9-27(26)32(20)30(36)23-13-17-25(37-3)18-14-23/h4-5,8-9,11-18,20,28H,6-7,10,19H2,1-3H3,(H2,31,35)/t20-,28+/m0/s1. The average Bonchev–Trinajstić information content (AvgIpc) is 2.89. The zero-order chi connectivity index (χ0) is 26.5. The van der Waals surface area contributed by atoms with Gasteiger partial charge in [0.15, 0.2) is 0 Å². The molecular formula is C30H33N3O4. The summed E-state index contributed by atoms with van der Waals surface area (Å²) in [5.41, 5.74) is 9.45. The third-order valence-corrected chi connectivity index (χ3v) is 6.87. The number of hydrogen-bond donors (Lipinski definition) is 1. The molecule has 2 N–H and O–H groups in total. The Morgan fingerprint density at radius 1 is 1.00 bits per heavy atom. The molecular weight excluding hydrogens is 466 g/mol. The molecule has 1 aliphatic heterocycles. The van der Waals surface area contributed by atoms with E-state index in [2.05, 4.69) is 0 Å². The lowest BCUT2D eigenvalue weighted by Crippen LogP contribution is -2.47.